The molecule has 1 aliphatic rings. The number of carbonyl (C=O) groups is 2. The molecule has 1 aliphatic heterocycles. The number of hydrogen-bond acceptors (Lipinski definition) is 5. The van der Waals surface area contributed by atoms with Crippen LogP contribution in [0, 0.1) is 0 Å². The minimum atomic E-state index is -0.724. The van der Waals surface area contributed by atoms with Crippen LogP contribution in [0.1, 0.15) is 18.4 Å². The summed E-state index contributed by atoms with van der Waals surface area (Å²) in [5, 5.41) is 0. The van der Waals surface area contributed by atoms with Gasteiger partial charge in [-0.15, -0.1) is 0 Å². The summed E-state index contributed by atoms with van der Waals surface area (Å²) in [5.41, 5.74) is 1.03. The lowest BCUT2D eigenvalue weighted by atomic mass is 10.0. The highest BCUT2D eigenvalue weighted by molar-refractivity contribution is 6.14. The predicted octanol–water partition coefficient (Wildman–Crippen LogP) is 2.01. The fraction of sp³-hybridized carbons (Fsp3) is 0.375. The number of aryl methyl sites for hydroxylation is 1. The molecule has 21 heavy (non-hydrogen) atoms. The quantitative estimate of drug-likeness (QED) is 0.613. The maximum Gasteiger partial charge on any atom is 0.349 e. The van der Waals surface area contributed by atoms with Gasteiger partial charge in [0.2, 0.25) is 0 Å². The normalized spacial score (nSPS) is 18.2. The average molecular weight is 290 g/mol. The number of esters is 2. The van der Waals surface area contributed by atoms with Gasteiger partial charge in [-0.1, -0.05) is 30.3 Å². The van der Waals surface area contributed by atoms with E-state index < -0.39 is 11.9 Å². The molecule has 1 unspecified atom stereocenters. The van der Waals surface area contributed by atoms with E-state index in [1.165, 1.54) is 19.8 Å². The zero-order valence-corrected chi connectivity index (χ0v) is 12.1. The maximum atomic E-state index is 11.9. The molecule has 1 atom stereocenters. The molecule has 0 spiro atoms. The van der Waals surface area contributed by atoms with Gasteiger partial charge in [-0.3, -0.25) is 0 Å². The number of cyclic esters (lactones) is 1. The molecule has 1 aromatic rings. The highest BCUT2D eigenvalue weighted by atomic mass is 16.6. The second kappa shape index (κ2) is 6.92. The minimum absolute atomic E-state index is 0.143. The Labute approximate surface area is 123 Å². The molecule has 2 rings (SSSR count). The van der Waals surface area contributed by atoms with Crippen molar-refractivity contribution in [2.24, 2.45) is 0 Å². The van der Waals surface area contributed by atoms with Gasteiger partial charge in [-0.25, -0.2) is 9.59 Å². The Morgan fingerprint density at radius 2 is 2.00 bits per heavy atom. The Bertz CT molecular complexity index is 547. The van der Waals surface area contributed by atoms with Crippen LogP contribution < -0.4 is 0 Å². The summed E-state index contributed by atoms with van der Waals surface area (Å²) >= 11 is 0. The molecule has 0 saturated heterocycles. The van der Waals surface area contributed by atoms with Crippen LogP contribution in [0.4, 0.5) is 0 Å². The molecule has 0 N–H and O–H groups in total. The van der Waals surface area contributed by atoms with Gasteiger partial charge in [0.05, 0.1) is 14.2 Å². The van der Waals surface area contributed by atoms with Gasteiger partial charge in [-0.2, -0.15) is 0 Å². The van der Waals surface area contributed by atoms with E-state index in [9.17, 15) is 9.59 Å². The van der Waals surface area contributed by atoms with E-state index in [0.29, 0.717) is 18.6 Å². The summed E-state index contributed by atoms with van der Waals surface area (Å²) in [6.07, 6.45) is 1.57. The molecule has 0 aliphatic carbocycles. The predicted molar refractivity (Wildman–Crippen MR) is 75.3 cm³/mol. The van der Waals surface area contributed by atoms with Crippen molar-refractivity contribution in [1.82, 2.24) is 0 Å². The molecule has 1 aromatic carbocycles. The molecule has 1 heterocycles. The van der Waals surface area contributed by atoms with E-state index in [1.807, 2.05) is 30.3 Å². The third-order valence-corrected chi connectivity index (χ3v) is 3.40. The third kappa shape index (κ3) is 3.62. The minimum Gasteiger partial charge on any atom is -0.500 e. The monoisotopic (exact) mass is 290 g/mol. The van der Waals surface area contributed by atoms with Crippen molar-refractivity contribution in [2.75, 3.05) is 14.2 Å². The van der Waals surface area contributed by atoms with Gasteiger partial charge in [-0.05, 0) is 18.4 Å². The standard InChI is InChI=1S/C16H18O5/c1-19-13-10-12(9-8-11-6-4-3-5-7-11)21-16(18)14(13)15(17)20-2/h3-7,12H,8-10H2,1-2H3. The lowest BCUT2D eigenvalue weighted by Crippen LogP contribution is -2.31. The molecule has 0 fully saturated rings. The molecular weight excluding hydrogens is 272 g/mol. The molecule has 0 amide bonds. The lowest BCUT2D eigenvalue weighted by molar-refractivity contribution is -0.152. The topological polar surface area (TPSA) is 61.8 Å². The zero-order chi connectivity index (χ0) is 15.2. The Hall–Kier alpha value is -2.30. The van der Waals surface area contributed by atoms with Crippen LogP contribution in [0.5, 0.6) is 0 Å². The first-order chi connectivity index (χ1) is 10.2. The van der Waals surface area contributed by atoms with Crippen LogP contribution in [-0.2, 0) is 30.2 Å². The maximum absolute atomic E-state index is 11.9. The van der Waals surface area contributed by atoms with Gasteiger partial charge in [0.1, 0.15) is 11.9 Å². The van der Waals surface area contributed by atoms with E-state index in [1.54, 1.807) is 0 Å². The molecule has 0 saturated carbocycles. The first-order valence-electron chi connectivity index (χ1n) is 6.76. The fourth-order valence-electron chi connectivity index (χ4n) is 2.29. The highest BCUT2D eigenvalue weighted by Gasteiger charge is 2.34. The second-order valence-electron chi connectivity index (χ2n) is 4.75. The molecule has 5 heteroatoms. The Morgan fingerprint density at radius 1 is 1.29 bits per heavy atom. The fourth-order valence-corrected chi connectivity index (χ4v) is 2.29. The third-order valence-electron chi connectivity index (χ3n) is 3.40. The van der Waals surface area contributed by atoms with Crippen LogP contribution in [0.15, 0.2) is 41.7 Å². The molecule has 0 bridgehead atoms. The molecule has 112 valence electrons. The van der Waals surface area contributed by atoms with Crippen molar-refractivity contribution < 1.29 is 23.8 Å². The van der Waals surface area contributed by atoms with Gasteiger partial charge < -0.3 is 14.2 Å². The van der Waals surface area contributed by atoms with Crippen molar-refractivity contribution in [2.45, 2.75) is 25.4 Å². The van der Waals surface area contributed by atoms with E-state index >= 15 is 0 Å². The largest absolute Gasteiger partial charge is 0.500 e. The Kier molecular flexibility index (Phi) is 4.98. The number of benzene rings is 1. The van der Waals surface area contributed by atoms with Gasteiger partial charge >= 0.3 is 11.9 Å². The molecule has 0 aromatic heterocycles. The SMILES string of the molecule is COC(=O)C1=C(OC)CC(CCc2ccccc2)OC1=O. The van der Waals surface area contributed by atoms with E-state index in [2.05, 4.69) is 4.74 Å². The van der Waals surface area contributed by atoms with E-state index in [0.717, 1.165) is 6.42 Å². The number of carbonyl (C=O) groups excluding carboxylic acids is 2. The highest BCUT2D eigenvalue weighted by Crippen LogP contribution is 2.25. The zero-order valence-electron chi connectivity index (χ0n) is 12.1. The van der Waals surface area contributed by atoms with Crippen molar-refractivity contribution in [3.63, 3.8) is 0 Å². The lowest BCUT2D eigenvalue weighted by Gasteiger charge is -2.25. The van der Waals surface area contributed by atoms with Gasteiger partial charge in [0, 0.05) is 6.42 Å². The average Bonchev–Trinajstić information content (AvgIpc) is 2.52. The van der Waals surface area contributed by atoms with Crippen molar-refractivity contribution in [3.8, 4) is 0 Å². The van der Waals surface area contributed by atoms with E-state index in [-0.39, 0.29) is 11.7 Å². The Balaban J connectivity index is 2.04. The van der Waals surface area contributed by atoms with Gasteiger partial charge in [0.25, 0.3) is 0 Å². The summed E-state index contributed by atoms with van der Waals surface area (Å²) in [5.74, 6) is -1.07. The number of ether oxygens (including phenoxy) is 3. The van der Waals surface area contributed by atoms with Crippen molar-refractivity contribution in [3.05, 3.63) is 47.2 Å². The number of rotatable bonds is 5. The summed E-state index contributed by atoms with van der Waals surface area (Å²) < 4.78 is 15.0. The van der Waals surface area contributed by atoms with Crippen LogP contribution in [-0.4, -0.2) is 32.3 Å². The van der Waals surface area contributed by atoms with Crippen LogP contribution in [0.3, 0.4) is 0 Å². The second-order valence-corrected chi connectivity index (χ2v) is 4.75. The molecule has 5 nitrogen and oxygen atoms in total. The summed E-state index contributed by atoms with van der Waals surface area (Å²) in [6.45, 7) is 0. The van der Waals surface area contributed by atoms with Crippen molar-refractivity contribution >= 4 is 11.9 Å². The van der Waals surface area contributed by atoms with E-state index in [4.69, 9.17) is 9.47 Å². The number of methoxy groups -OCH3 is 2. The first-order valence-corrected chi connectivity index (χ1v) is 6.76. The smallest absolute Gasteiger partial charge is 0.349 e. The molecule has 0 radical (unpaired) electrons. The van der Waals surface area contributed by atoms with Crippen LogP contribution in [0.25, 0.3) is 0 Å². The summed E-state index contributed by atoms with van der Waals surface area (Å²) in [6, 6.07) is 9.95. The van der Waals surface area contributed by atoms with Crippen molar-refractivity contribution in [1.29, 1.82) is 0 Å². The summed E-state index contributed by atoms with van der Waals surface area (Å²) in [4.78, 5) is 23.5. The Morgan fingerprint density at radius 3 is 2.62 bits per heavy atom. The summed E-state index contributed by atoms with van der Waals surface area (Å²) in [7, 11) is 2.66. The molecular formula is C16H18O5. The van der Waals surface area contributed by atoms with Crippen LogP contribution >= 0.6 is 0 Å². The van der Waals surface area contributed by atoms with Crippen LogP contribution in [0.2, 0.25) is 0 Å². The van der Waals surface area contributed by atoms with Gasteiger partial charge in [0.15, 0.2) is 5.57 Å². The first kappa shape index (κ1) is 15.1. The number of hydrogen-bond donors (Lipinski definition) is 0.